The number of nitrogens with two attached hydrogens (primary N) is 1. The van der Waals surface area contributed by atoms with Crippen LogP contribution in [0.5, 0.6) is 0 Å². The topological polar surface area (TPSA) is 238 Å². The number of imide groups is 1. The van der Waals surface area contributed by atoms with Gasteiger partial charge in [-0.2, -0.15) is 0 Å². The zero-order valence-electron chi connectivity index (χ0n) is 28.6. The Labute approximate surface area is 280 Å². The lowest BCUT2D eigenvalue weighted by Gasteiger charge is -2.35. The van der Waals surface area contributed by atoms with E-state index < -0.39 is 76.5 Å². The van der Waals surface area contributed by atoms with Gasteiger partial charge in [0, 0.05) is 19.6 Å². The molecule has 2 rings (SSSR count). The van der Waals surface area contributed by atoms with Crippen LogP contribution in [0.2, 0.25) is 0 Å². The number of hydrogen-bond acceptors (Lipinski definition) is 9. The molecule has 8 N–H and O–H groups in total. The van der Waals surface area contributed by atoms with E-state index in [0.717, 1.165) is 18.1 Å². The molecule has 15 heteroatoms. The van der Waals surface area contributed by atoms with Gasteiger partial charge in [-0.15, -0.1) is 0 Å². The van der Waals surface area contributed by atoms with Gasteiger partial charge < -0.3 is 32.1 Å². The van der Waals surface area contributed by atoms with Crippen LogP contribution in [0, 0.1) is 5.92 Å². The van der Waals surface area contributed by atoms with E-state index >= 15 is 0 Å². The largest absolute Gasteiger partial charge is 0.480 e. The average Bonchev–Trinajstić information content (AvgIpc) is 3.42. The number of nitrogens with zero attached hydrogens (tertiary/aromatic N) is 1. The Morgan fingerprint density at radius 3 is 2.23 bits per heavy atom. The zero-order chi connectivity index (χ0) is 36.4. The lowest BCUT2D eigenvalue weighted by atomic mass is 9.92. The fraction of sp³-hybridized carbons (Fsp3) is 0.576. The molecule has 6 atom stereocenters. The second-order valence-corrected chi connectivity index (χ2v) is 12.9. The normalized spacial score (nSPS) is 18.8. The summed E-state index contributed by atoms with van der Waals surface area (Å²) in [5.41, 5.74) is 5.03. The molecule has 0 aromatic rings. The summed E-state index contributed by atoms with van der Waals surface area (Å²) < 4.78 is 0. The van der Waals surface area contributed by atoms with Crippen LogP contribution in [0.1, 0.15) is 80.6 Å². The van der Waals surface area contributed by atoms with E-state index in [9.17, 15) is 38.7 Å². The highest BCUT2D eigenvalue weighted by molar-refractivity contribution is 6.02. The molecule has 0 radical (unpaired) electrons. The number of carboxylic acids is 1. The molecule has 1 aliphatic carbocycles. The van der Waals surface area contributed by atoms with Gasteiger partial charge in [0.1, 0.15) is 23.2 Å². The highest BCUT2D eigenvalue weighted by atomic mass is 16.4. The van der Waals surface area contributed by atoms with Gasteiger partial charge in [0.15, 0.2) is 0 Å². The van der Waals surface area contributed by atoms with Crippen molar-refractivity contribution in [2.75, 3.05) is 0 Å². The van der Waals surface area contributed by atoms with Gasteiger partial charge in [-0.25, -0.2) is 4.79 Å². The number of aliphatic carboxylic acids is 1. The lowest BCUT2D eigenvalue weighted by Crippen LogP contribution is -2.66. The predicted molar refractivity (Wildman–Crippen MR) is 178 cm³/mol. The third-order valence-electron chi connectivity index (χ3n) is 8.52. The van der Waals surface area contributed by atoms with Crippen molar-refractivity contribution in [3.05, 3.63) is 35.5 Å². The Morgan fingerprint density at radius 1 is 0.979 bits per heavy atom. The van der Waals surface area contributed by atoms with E-state index in [2.05, 4.69) is 31.6 Å². The van der Waals surface area contributed by atoms with Gasteiger partial charge in [-0.3, -0.25) is 39.1 Å². The van der Waals surface area contributed by atoms with Crippen molar-refractivity contribution in [3.63, 3.8) is 0 Å². The van der Waals surface area contributed by atoms with E-state index in [0.29, 0.717) is 6.42 Å². The van der Waals surface area contributed by atoms with E-state index in [1.165, 1.54) is 20.8 Å². The van der Waals surface area contributed by atoms with Crippen molar-refractivity contribution in [2.45, 2.75) is 116 Å². The standard InChI is InChI=1S/C33H49N7O8/c1-8-18(3)26(28(44)37-25(42)15-14-24(29(45)46)36-19(4)41)38-30(47)32(5,6)40-31(48)33(7,9-2)39-27(43)22(34)16-20-17-35-23-13-11-10-12-21(20)23/h10-13,17-18,22-24,26H,8-9,14-16,34H2,1-7H3,(H,36,41)(H,38,47)(H,39,43)(H,40,48)(H,45,46)(H,37,42,44). The van der Waals surface area contributed by atoms with Gasteiger partial charge >= 0.3 is 5.97 Å². The fourth-order valence-electron chi connectivity index (χ4n) is 4.93. The molecule has 6 amide bonds. The van der Waals surface area contributed by atoms with Gasteiger partial charge in [0.2, 0.25) is 35.4 Å². The number of allylic oxidation sites excluding steroid dienone is 2. The van der Waals surface area contributed by atoms with E-state index in [-0.39, 0.29) is 31.7 Å². The molecule has 0 fully saturated rings. The summed E-state index contributed by atoms with van der Waals surface area (Å²) in [6.07, 6.45) is 9.54. The lowest BCUT2D eigenvalue weighted by molar-refractivity contribution is -0.142. The molecule has 2 aliphatic rings. The number of amides is 6. The molecule has 0 saturated heterocycles. The summed E-state index contributed by atoms with van der Waals surface area (Å²) in [5, 5.41) is 21.6. The summed E-state index contributed by atoms with van der Waals surface area (Å²) in [6.45, 7) is 10.7. The Balaban J connectivity index is 2.05. The molecule has 0 bridgehead atoms. The molecule has 15 nitrogen and oxygen atoms in total. The molecule has 0 saturated carbocycles. The highest BCUT2D eigenvalue weighted by Crippen LogP contribution is 2.26. The molecule has 48 heavy (non-hydrogen) atoms. The Hall–Kier alpha value is -4.66. The maximum absolute atomic E-state index is 13.5. The van der Waals surface area contributed by atoms with Crippen LogP contribution in [-0.2, 0) is 33.6 Å². The van der Waals surface area contributed by atoms with Crippen molar-refractivity contribution < 1.29 is 38.7 Å². The molecule has 0 aromatic carbocycles. The number of aliphatic imine (C=N–C) groups is 1. The summed E-state index contributed by atoms with van der Waals surface area (Å²) in [7, 11) is 0. The first-order chi connectivity index (χ1) is 22.3. The van der Waals surface area contributed by atoms with E-state index in [1.807, 2.05) is 24.3 Å². The number of carbonyl (C=O) groups excluding carboxylic acids is 6. The highest BCUT2D eigenvalue weighted by Gasteiger charge is 2.41. The summed E-state index contributed by atoms with van der Waals surface area (Å²) >= 11 is 0. The van der Waals surface area contributed by atoms with Crippen molar-refractivity contribution >= 4 is 47.6 Å². The monoisotopic (exact) mass is 671 g/mol. The van der Waals surface area contributed by atoms with Crippen molar-refractivity contribution in [1.82, 2.24) is 26.6 Å². The minimum Gasteiger partial charge on any atom is -0.480 e. The number of nitrogens with one attached hydrogen (secondary N) is 5. The van der Waals surface area contributed by atoms with Gasteiger partial charge in [-0.05, 0) is 57.1 Å². The third-order valence-corrected chi connectivity index (χ3v) is 8.52. The SMILES string of the molecule is CCC(C)C(NC(=O)C(C)(C)NC(=O)C(C)(CC)NC(=O)C(N)CC1=C2C=CC=CC2N=C1)C(=O)NC(=O)CCC(NC(C)=O)C(=O)O. The molecule has 6 unspecified atom stereocenters. The molecule has 0 spiro atoms. The molecular weight excluding hydrogens is 622 g/mol. The van der Waals surface area contributed by atoms with Crippen LogP contribution >= 0.6 is 0 Å². The second kappa shape index (κ2) is 16.9. The summed E-state index contributed by atoms with van der Waals surface area (Å²) in [4.78, 5) is 92.7. The molecule has 264 valence electrons. The van der Waals surface area contributed by atoms with E-state index in [1.54, 1.807) is 27.0 Å². The summed E-state index contributed by atoms with van der Waals surface area (Å²) in [6, 6.07) is -3.55. The first-order valence-corrected chi connectivity index (χ1v) is 16.0. The average molecular weight is 672 g/mol. The van der Waals surface area contributed by atoms with Crippen LogP contribution in [-0.4, -0.2) is 88.0 Å². The minimum atomic E-state index is -1.56. The van der Waals surface area contributed by atoms with Gasteiger partial charge in [0.25, 0.3) is 0 Å². The maximum atomic E-state index is 13.5. The van der Waals surface area contributed by atoms with Crippen LogP contribution < -0.4 is 32.3 Å². The molecule has 1 aliphatic heterocycles. The predicted octanol–water partition coefficient (Wildman–Crippen LogP) is 0.302. The smallest absolute Gasteiger partial charge is 0.326 e. The first kappa shape index (κ1) is 39.5. The van der Waals surface area contributed by atoms with Crippen molar-refractivity contribution in [2.24, 2.45) is 16.6 Å². The Morgan fingerprint density at radius 2 is 1.65 bits per heavy atom. The molecule has 0 aromatic heterocycles. The van der Waals surface area contributed by atoms with Crippen LogP contribution in [0.15, 0.2) is 40.4 Å². The number of rotatable bonds is 17. The number of fused-ring (bicyclic) bond motifs is 1. The molecular formula is C33H49N7O8. The van der Waals surface area contributed by atoms with Crippen LogP contribution in [0.25, 0.3) is 0 Å². The van der Waals surface area contributed by atoms with Gasteiger partial charge in [0.05, 0.1) is 12.1 Å². The number of hydrogen-bond donors (Lipinski definition) is 7. The third kappa shape index (κ3) is 10.7. The Bertz CT molecular complexity index is 1420. The Kier molecular flexibility index (Phi) is 14.0. The van der Waals surface area contributed by atoms with Crippen LogP contribution in [0.4, 0.5) is 0 Å². The van der Waals surface area contributed by atoms with Crippen molar-refractivity contribution in [3.8, 4) is 0 Å². The fourth-order valence-corrected chi connectivity index (χ4v) is 4.93. The first-order valence-electron chi connectivity index (χ1n) is 16.0. The van der Waals surface area contributed by atoms with E-state index in [4.69, 9.17) is 5.73 Å². The van der Waals surface area contributed by atoms with Gasteiger partial charge in [-0.1, -0.05) is 51.5 Å². The minimum absolute atomic E-state index is 0.0977. The number of carboxylic acid groups (broad SMARTS) is 1. The number of carbonyl (C=O) groups is 7. The summed E-state index contributed by atoms with van der Waals surface area (Å²) in [5.74, 6) is -5.88. The van der Waals surface area contributed by atoms with Crippen LogP contribution in [0.3, 0.4) is 0 Å². The zero-order valence-corrected chi connectivity index (χ0v) is 28.6. The van der Waals surface area contributed by atoms with Crippen molar-refractivity contribution in [1.29, 1.82) is 0 Å². The maximum Gasteiger partial charge on any atom is 0.326 e. The quantitative estimate of drug-likeness (QED) is 0.112. The molecule has 1 heterocycles. The second-order valence-electron chi connectivity index (χ2n) is 12.9.